The van der Waals surface area contributed by atoms with Crippen molar-refractivity contribution < 1.29 is 0 Å². The summed E-state index contributed by atoms with van der Waals surface area (Å²) < 4.78 is 1.18. The van der Waals surface area contributed by atoms with Crippen molar-refractivity contribution in [3.8, 4) is 0 Å². The van der Waals surface area contributed by atoms with E-state index in [0.717, 1.165) is 11.9 Å². The average molecular weight is 349 g/mol. The standard InChI is InChI=1S/C13H19Br2N/c1-3-4-5-8-16(2)13-7-6-11(10-14)9-12(13)15/h6-7,9H,3-5,8,10H2,1-2H3. The first kappa shape index (κ1) is 14.0. The monoisotopic (exact) mass is 347 g/mol. The first-order valence-electron chi connectivity index (χ1n) is 5.74. The molecule has 0 fully saturated rings. The number of anilines is 1. The van der Waals surface area contributed by atoms with Gasteiger partial charge in [-0.1, -0.05) is 41.8 Å². The van der Waals surface area contributed by atoms with Crippen LogP contribution in [-0.2, 0) is 5.33 Å². The Labute approximate surface area is 115 Å². The van der Waals surface area contributed by atoms with Crippen molar-refractivity contribution in [1.82, 2.24) is 0 Å². The van der Waals surface area contributed by atoms with Crippen LogP contribution in [-0.4, -0.2) is 13.6 Å². The minimum Gasteiger partial charge on any atom is -0.374 e. The van der Waals surface area contributed by atoms with E-state index in [2.05, 4.69) is 68.9 Å². The van der Waals surface area contributed by atoms with E-state index in [1.807, 2.05) is 0 Å². The summed E-state index contributed by atoms with van der Waals surface area (Å²) in [6, 6.07) is 6.54. The van der Waals surface area contributed by atoms with E-state index < -0.39 is 0 Å². The Morgan fingerprint density at radius 2 is 2.00 bits per heavy atom. The highest BCUT2D eigenvalue weighted by molar-refractivity contribution is 9.10. The predicted molar refractivity (Wildman–Crippen MR) is 79.6 cm³/mol. The Hall–Kier alpha value is -0.0200. The molecule has 0 aliphatic carbocycles. The molecular formula is C13H19Br2N. The van der Waals surface area contributed by atoms with Crippen LogP contribution in [0.15, 0.2) is 22.7 Å². The second kappa shape index (κ2) is 7.33. The Kier molecular flexibility index (Phi) is 6.44. The van der Waals surface area contributed by atoms with Gasteiger partial charge in [-0.25, -0.2) is 0 Å². The molecule has 1 aromatic carbocycles. The fourth-order valence-electron chi connectivity index (χ4n) is 1.66. The summed E-state index contributed by atoms with van der Waals surface area (Å²) in [7, 11) is 2.16. The molecule has 0 heterocycles. The number of hydrogen-bond acceptors (Lipinski definition) is 1. The van der Waals surface area contributed by atoms with Gasteiger partial charge in [0.25, 0.3) is 0 Å². The molecule has 16 heavy (non-hydrogen) atoms. The van der Waals surface area contributed by atoms with E-state index in [0.29, 0.717) is 0 Å². The van der Waals surface area contributed by atoms with E-state index in [1.54, 1.807) is 0 Å². The number of halogens is 2. The number of alkyl halides is 1. The third-order valence-electron chi connectivity index (χ3n) is 2.67. The molecule has 0 amide bonds. The smallest absolute Gasteiger partial charge is 0.0508 e. The predicted octanol–water partition coefficient (Wildman–Crippen LogP) is 4.97. The van der Waals surface area contributed by atoms with Crippen LogP contribution < -0.4 is 4.90 Å². The maximum atomic E-state index is 3.64. The summed E-state index contributed by atoms with van der Waals surface area (Å²) in [5.41, 5.74) is 2.58. The van der Waals surface area contributed by atoms with Gasteiger partial charge < -0.3 is 4.90 Å². The highest BCUT2D eigenvalue weighted by Gasteiger charge is 2.05. The van der Waals surface area contributed by atoms with Gasteiger partial charge >= 0.3 is 0 Å². The summed E-state index contributed by atoms with van der Waals surface area (Å²) in [4.78, 5) is 2.32. The van der Waals surface area contributed by atoms with E-state index >= 15 is 0 Å². The van der Waals surface area contributed by atoms with Crippen LogP contribution in [0.25, 0.3) is 0 Å². The van der Waals surface area contributed by atoms with E-state index in [9.17, 15) is 0 Å². The topological polar surface area (TPSA) is 3.24 Å². The summed E-state index contributed by atoms with van der Waals surface area (Å²) in [5.74, 6) is 0. The van der Waals surface area contributed by atoms with E-state index in [-0.39, 0.29) is 0 Å². The zero-order valence-electron chi connectivity index (χ0n) is 9.97. The van der Waals surface area contributed by atoms with Gasteiger partial charge in [0.15, 0.2) is 0 Å². The first-order valence-corrected chi connectivity index (χ1v) is 7.66. The van der Waals surface area contributed by atoms with Gasteiger partial charge in [0, 0.05) is 23.4 Å². The molecule has 1 rings (SSSR count). The molecule has 0 radical (unpaired) electrons. The zero-order valence-corrected chi connectivity index (χ0v) is 13.1. The van der Waals surface area contributed by atoms with Gasteiger partial charge in [-0.05, 0) is 40.0 Å². The maximum Gasteiger partial charge on any atom is 0.0508 e. The number of benzene rings is 1. The lowest BCUT2D eigenvalue weighted by atomic mass is 10.2. The number of unbranched alkanes of at least 4 members (excludes halogenated alkanes) is 2. The maximum absolute atomic E-state index is 3.64. The molecule has 0 aliphatic heterocycles. The molecule has 90 valence electrons. The van der Waals surface area contributed by atoms with Crippen LogP contribution >= 0.6 is 31.9 Å². The average Bonchev–Trinajstić information content (AvgIpc) is 2.29. The Morgan fingerprint density at radius 3 is 2.56 bits per heavy atom. The third kappa shape index (κ3) is 4.10. The lowest BCUT2D eigenvalue weighted by Gasteiger charge is -2.21. The van der Waals surface area contributed by atoms with Crippen LogP contribution in [0, 0.1) is 0 Å². The number of hydrogen-bond donors (Lipinski definition) is 0. The molecule has 0 aliphatic rings. The van der Waals surface area contributed by atoms with Gasteiger partial charge in [-0.2, -0.15) is 0 Å². The molecule has 1 aromatic rings. The molecule has 0 spiro atoms. The lowest BCUT2D eigenvalue weighted by Crippen LogP contribution is -2.18. The summed E-state index contributed by atoms with van der Waals surface area (Å²) >= 11 is 7.11. The summed E-state index contributed by atoms with van der Waals surface area (Å²) in [6.07, 6.45) is 3.85. The van der Waals surface area contributed by atoms with Crippen molar-refractivity contribution in [1.29, 1.82) is 0 Å². The Balaban J connectivity index is 2.64. The molecule has 0 saturated carbocycles. The fourth-order valence-corrected chi connectivity index (χ4v) is 2.74. The fraction of sp³-hybridized carbons (Fsp3) is 0.538. The first-order chi connectivity index (χ1) is 7.69. The van der Waals surface area contributed by atoms with Crippen LogP contribution in [0.4, 0.5) is 5.69 Å². The highest BCUT2D eigenvalue weighted by Crippen LogP contribution is 2.27. The lowest BCUT2D eigenvalue weighted by molar-refractivity contribution is 0.704. The molecule has 0 bridgehead atoms. The van der Waals surface area contributed by atoms with Crippen LogP contribution in [0.3, 0.4) is 0 Å². The van der Waals surface area contributed by atoms with Crippen LogP contribution in [0.5, 0.6) is 0 Å². The highest BCUT2D eigenvalue weighted by atomic mass is 79.9. The van der Waals surface area contributed by atoms with Crippen molar-refractivity contribution in [2.24, 2.45) is 0 Å². The minimum atomic E-state index is 0.908. The van der Waals surface area contributed by atoms with E-state index in [1.165, 1.54) is 35.0 Å². The van der Waals surface area contributed by atoms with Gasteiger partial charge in [0.2, 0.25) is 0 Å². The van der Waals surface area contributed by atoms with Crippen LogP contribution in [0.2, 0.25) is 0 Å². The Morgan fingerprint density at radius 1 is 1.25 bits per heavy atom. The van der Waals surface area contributed by atoms with Crippen molar-refractivity contribution in [2.75, 3.05) is 18.5 Å². The molecular weight excluding hydrogens is 330 g/mol. The number of rotatable bonds is 6. The van der Waals surface area contributed by atoms with Crippen molar-refractivity contribution in [3.05, 3.63) is 28.2 Å². The molecule has 0 aromatic heterocycles. The second-order valence-electron chi connectivity index (χ2n) is 4.05. The zero-order chi connectivity index (χ0) is 12.0. The molecule has 0 unspecified atom stereocenters. The van der Waals surface area contributed by atoms with Gasteiger partial charge in [0.1, 0.15) is 0 Å². The number of nitrogens with zero attached hydrogens (tertiary/aromatic N) is 1. The molecule has 1 nitrogen and oxygen atoms in total. The Bertz CT molecular complexity index is 326. The molecule has 0 N–H and O–H groups in total. The van der Waals surface area contributed by atoms with Crippen molar-refractivity contribution >= 4 is 37.5 Å². The normalized spacial score (nSPS) is 10.5. The molecule has 0 saturated heterocycles. The van der Waals surface area contributed by atoms with Gasteiger partial charge in [0.05, 0.1) is 5.69 Å². The minimum absolute atomic E-state index is 0.908. The summed E-state index contributed by atoms with van der Waals surface area (Å²) in [5, 5.41) is 0.908. The largest absolute Gasteiger partial charge is 0.374 e. The second-order valence-corrected chi connectivity index (χ2v) is 5.46. The van der Waals surface area contributed by atoms with Gasteiger partial charge in [-0.15, -0.1) is 0 Å². The van der Waals surface area contributed by atoms with Crippen molar-refractivity contribution in [3.63, 3.8) is 0 Å². The SMILES string of the molecule is CCCCCN(C)c1ccc(CBr)cc1Br. The van der Waals surface area contributed by atoms with E-state index in [4.69, 9.17) is 0 Å². The molecule has 0 atom stereocenters. The third-order valence-corrected chi connectivity index (χ3v) is 3.96. The van der Waals surface area contributed by atoms with Gasteiger partial charge in [-0.3, -0.25) is 0 Å². The quantitative estimate of drug-likeness (QED) is 0.518. The van der Waals surface area contributed by atoms with Crippen LogP contribution in [0.1, 0.15) is 31.7 Å². The molecule has 3 heteroatoms. The van der Waals surface area contributed by atoms with Crippen molar-refractivity contribution in [2.45, 2.75) is 31.5 Å². The summed E-state index contributed by atoms with van der Waals surface area (Å²) in [6.45, 7) is 3.36.